The van der Waals surface area contributed by atoms with Crippen molar-refractivity contribution in [3.63, 3.8) is 0 Å². The first kappa shape index (κ1) is 17.3. The lowest BCUT2D eigenvalue weighted by molar-refractivity contribution is 0.504. The number of benzene rings is 4. The van der Waals surface area contributed by atoms with Crippen LogP contribution in [0.4, 0.5) is 17.1 Å². The first-order chi connectivity index (χ1) is 15.4. The summed E-state index contributed by atoms with van der Waals surface area (Å²) < 4.78 is 0. The van der Waals surface area contributed by atoms with Crippen LogP contribution >= 0.6 is 0 Å². The molecule has 148 valence electrons. The van der Waals surface area contributed by atoms with Gasteiger partial charge in [0, 0.05) is 16.7 Å². The molecule has 4 aromatic rings. The maximum absolute atomic E-state index is 4.51. The van der Waals surface area contributed by atoms with Crippen molar-refractivity contribution in [2.24, 2.45) is 20.7 Å². The molecule has 2 aliphatic heterocycles. The lowest BCUT2D eigenvalue weighted by Gasteiger charge is -2.32. The lowest BCUT2D eigenvalue weighted by Crippen LogP contribution is -2.45. The molecule has 2 N–H and O–H groups in total. The van der Waals surface area contributed by atoms with E-state index in [9.17, 15) is 0 Å². The zero-order valence-electron chi connectivity index (χ0n) is 16.4. The molecular weight excluding hydrogens is 386 g/mol. The predicted octanol–water partition coefficient (Wildman–Crippen LogP) is 6.53. The molecule has 0 fully saturated rings. The fourth-order valence-corrected chi connectivity index (χ4v) is 4.14. The maximum Gasteiger partial charge on any atom is 0.141 e. The van der Waals surface area contributed by atoms with Gasteiger partial charge in [0.2, 0.25) is 0 Å². The van der Waals surface area contributed by atoms with Crippen molar-refractivity contribution >= 4 is 17.1 Å². The molecule has 0 aromatic heterocycles. The standard InChI is InChI=1S/C24H17N7/c1-4-10-16(11-5-1)19-20(17-12-6-2-7-13-17)22-24-23(21(19)18-14-8-3-9-15-18)26-28-30-31(24)29-27-25-22/h1-15H,(H,25,29)(H,26,30). The predicted molar refractivity (Wildman–Crippen MR) is 121 cm³/mol. The van der Waals surface area contributed by atoms with Gasteiger partial charge in [0.15, 0.2) is 0 Å². The highest BCUT2D eigenvalue weighted by Crippen LogP contribution is 2.57. The van der Waals surface area contributed by atoms with Crippen LogP contribution in [-0.4, -0.2) is 0 Å². The van der Waals surface area contributed by atoms with Crippen molar-refractivity contribution in [3.8, 4) is 33.4 Å². The van der Waals surface area contributed by atoms with Gasteiger partial charge in [0.1, 0.15) is 17.1 Å². The normalized spacial score (nSPS) is 13.4. The highest BCUT2D eigenvalue weighted by atomic mass is 15.9. The third-order valence-corrected chi connectivity index (χ3v) is 5.42. The Morgan fingerprint density at radius 3 is 1.29 bits per heavy atom. The second kappa shape index (κ2) is 7.07. The minimum atomic E-state index is 0.740. The smallest absolute Gasteiger partial charge is 0.141 e. The third-order valence-electron chi connectivity index (χ3n) is 5.42. The molecule has 0 atom stereocenters. The molecule has 0 spiro atoms. The van der Waals surface area contributed by atoms with Crippen molar-refractivity contribution < 1.29 is 0 Å². The van der Waals surface area contributed by atoms with Crippen LogP contribution in [0.3, 0.4) is 0 Å². The quantitative estimate of drug-likeness (QED) is 0.408. The Bertz CT molecular complexity index is 1240. The Balaban J connectivity index is 1.83. The van der Waals surface area contributed by atoms with E-state index < -0.39 is 0 Å². The summed E-state index contributed by atoms with van der Waals surface area (Å²) in [4.78, 5) is 0. The van der Waals surface area contributed by atoms with Gasteiger partial charge in [-0.2, -0.15) is 16.2 Å². The van der Waals surface area contributed by atoms with Crippen LogP contribution in [0, 0.1) is 0 Å². The fraction of sp³-hybridized carbons (Fsp3) is 0. The molecule has 0 aliphatic carbocycles. The molecule has 0 saturated heterocycles. The number of anilines is 1. The average Bonchev–Trinajstić information content (AvgIpc) is 2.86. The second-order valence-corrected chi connectivity index (χ2v) is 7.20. The monoisotopic (exact) mass is 403 g/mol. The maximum atomic E-state index is 4.51. The molecular formula is C24H17N7. The largest absolute Gasteiger partial charge is 0.179 e. The first-order valence-corrected chi connectivity index (χ1v) is 9.95. The molecule has 0 unspecified atom stereocenters. The van der Waals surface area contributed by atoms with Gasteiger partial charge in [-0.15, -0.1) is 10.2 Å². The number of hydrogen-bond acceptors (Lipinski definition) is 7. The van der Waals surface area contributed by atoms with E-state index in [2.05, 4.69) is 68.1 Å². The molecule has 0 radical (unpaired) electrons. The van der Waals surface area contributed by atoms with E-state index in [4.69, 9.17) is 0 Å². The van der Waals surface area contributed by atoms with Gasteiger partial charge in [0.25, 0.3) is 0 Å². The van der Waals surface area contributed by atoms with Gasteiger partial charge >= 0.3 is 0 Å². The highest BCUT2D eigenvalue weighted by molar-refractivity contribution is 6.10. The van der Waals surface area contributed by atoms with Crippen LogP contribution in [-0.2, 0) is 0 Å². The Morgan fingerprint density at radius 1 is 0.484 bits per heavy atom. The minimum Gasteiger partial charge on any atom is -0.179 e. The third kappa shape index (κ3) is 2.75. The van der Waals surface area contributed by atoms with E-state index in [0.717, 1.165) is 50.4 Å². The molecule has 2 aliphatic rings. The van der Waals surface area contributed by atoms with Crippen LogP contribution in [0.1, 0.15) is 0 Å². The van der Waals surface area contributed by atoms with E-state index >= 15 is 0 Å². The second-order valence-electron chi connectivity index (χ2n) is 7.20. The molecule has 4 aromatic carbocycles. The fourth-order valence-electron chi connectivity index (χ4n) is 4.14. The zero-order chi connectivity index (χ0) is 20.6. The first-order valence-electron chi connectivity index (χ1n) is 9.95. The lowest BCUT2D eigenvalue weighted by atomic mass is 9.84. The zero-order valence-corrected chi connectivity index (χ0v) is 16.4. The molecule has 0 saturated carbocycles. The number of rotatable bonds is 3. The number of hydrazine groups is 2. The highest BCUT2D eigenvalue weighted by Gasteiger charge is 2.33. The van der Waals surface area contributed by atoms with Crippen molar-refractivity contribution in [1.82, 2.24) is 11.1 Å². The molecule has 0 bridgehead atoms. The van der Waals surface area contributed by atoms with Gasteiger partial charge in [-0.3, -0.25) is 0 Å². The Labute approximate surface area is 178 Å². The molecule has 7 heteroatoms. The van der Waals surface area contributed by atoms with Crippen LogP contribution < -0.4 is 16.2 Å². The summed E-state index contributed by atoms with van der Waals surface area (Å²) in [5.74, 6) is 0. The van der Waals surface area contributed by atoms with Gasteiger partial charge in [-0.05, 0) is 16.7 Å². The SMILES string of the molecule is c1ccc(-c2c3c4c(c(-c5ccccc5)c2-c2ccccc2)N=NNN4NN=N3)cc1. The van der Waals surface area contributed by atoms with Crippen molar-refractivity contribution in [1.29, 1.82) is 0 Å². The van der Waals surface area contributed by atoms with E-state index in [1.165, 1.54) is 0 Å². The summed E-state index contributed by atoms with van der Waals surface area (Å²) in [5, 5.41) is 18.9. The summed E-state index contributed by atoms with van der Waals surface area (Å²) in [5.41, 5.74) is 14.2. The Kier molecular flexibility index (Phi) is 3.96. The van der Waals surface area contributed by atoms with E-state index in [0.29, 0.717) is 0 Å². The summed E-state index contributed by atoms with van der Waals surface area (Å²) in [6.07, 6.45) is 0. The number of nitrogens with one attached hydrogen (secondary N) is 2. The minimum absolute atomic E-state index is 0.740. The van der Waals surface area contributed by atoms with Gasteiger partial charge in [-0.1, -0.05) is 101 Å². The summed E-state index contributed by atoms with van der Waals surface area (Å²) in [7, 11) is 0. The molecule has 6 rings (SSSR count). The Hall–Kier alpha value is -4.52. The van der Waals surface area contributed by atoms with E-state index in [1.807, 2.05) is 54.6 Å². The van der Waals surface area contributed by atoms with Crippen molar-refractivity contribution in [2.45, 2.75) is 0 Å². The van der Waals surface area contributed by atoms with Crippen LogP contribution in [0.15, 0.2) is 112 Å². The topological polar surface area (TPSA) is 76.7 Å². The van der Waals surface area contributed by atoms with Crippen molar-refractivity contribution in [2.75, 3.05) is 5.12 Å². The average molecular weight is 403 g/mol. The number of nitrogens with zero attached hydrogens (tertiary/aromatic N) is 5. The van der Waals surface area contributed by atoms with Crippen molar-refractivity contribution in [3.05, 3.63) is 91.0 Å². The summed E-state index contributed by atoms with van der Waals surface area (Å²) in [6, 6.07) is 30.9. The van der Waals surface area contributed by atoms with Gasteiger partial charge in [0.05, 0.1) is 0 Å². The van der Waals surface area contributed by atoms with Gasteiger partial charge < -0.3 is 0 Å². The van der Waals surface area contributed by atoms with Crippen LogP contribution in [0.5, 0.6) is 0 Å². The molecule has 0 amide bonds. The Morgan fingerprint density at radius 2 is 0.871 bits per heavy atom. The summed E-state index contributed by atoms with van der Waals surface area (Å²) in [6.45, 7) is 0. The van der Waals surface area contributed by atoms with Gasteiger partial charge in [-0.25, -0.2) is 0 Å². The van der Waals surface area contributed by atoms with Crippen LogP contribution in [0.2, 0.25) is 0 Å². The van der Waals surface area contributed by atoms with Crippen LogP contribution in [0.25, 0.3) is 33.4 Å². The summed E-state index contributed by atoms with van der Waals surface area (Å²) >= 11 is 0. The number of hydrogen-bond donors (Lipinski definition) is 2. The molecule has 7 nitrogen and oxygen atoms in total. The van der Waals surface area contributed by atoms with E-state index in [-0.39, 0.29) is 0 Å². The molecule has 2 heterocycles. The molecule has 31 heavy (non-hydrogen) atoms. The van der Waals surface area contributed by atoms with E-state index in [1.54, 1.807) is 5.12 Å².